The fraction of sp³-hybridized carbons (Fsp3) is 0.182. The zero-order valence-corrected chi connectivity index (χ0v) is 19.0. The number of hydrogen-bond acceptors (Lipinski definition) is 6. The lowest BCUT2D eigenvalue weighted by Gasteiger charge is -2.11. The Hall–Kier alpha value is -4.00. The highest BCUT2D eigenvalue weighted by Gasteiger charge is 2.31. The van der Waals surface area contributed by atoms with E-state index in [4.69, 9.17) is 0 Å². The van der Waals surface area contributed by atoms with Crippen LogP contribution >= 0.6 is 11.3 Å². The molecule has 182 valence electrons. The zero-order valence-electron chi connectivity index (χ0n) is 18.2. The van der Waals surface area contributed by atoms with Crippen molar-refractivity contribution in [1.29, 1.82) is 0 Å². The molecule has 8 nitrogen and oxygen atoms in total. The molecule has 0 atom stereocenters. The van der Waals surface area contributed by atoms with Crippen molar-refractivity contribution in [2.24, 2.45) is 0 Å². The number of hydrogen-bond donors (Lipinski definition) is 3. The average Bonchev–Trinajstić information content (AvgIpc) is 3.41. The quantitative estimate of drug-likeness (QED) is 0.337. The Labute approximate surface area is 199 Å². The molecule has 0 saturated carbocycles. The molecular weight excluding hydrogens is 490 g/mol. The Kier molecular flexibility index (Phi) is 6.43. The fourth-order valence-corrected chi connectivity index (χ4v) is 4.29. The maximum atomic E-state index is 14.0. The van der Waals surface area contributed by atoms with Gasteiger partial charge in [-0.2, -0.15) is 5.10 Å². The summed E-state index contributed by atoms with van der Waals surface area (Å²) in [7, 11) is 1.50. The van der Waals surface area contributed by atoms with Crippen LogP contribution in [0.5, 0.6) is 5.75 Å². The molecule has 2 aromatic carbocycles. The standard InChI is InChI=1S/C22H17F4N5O3S/c1-10-18(20(33)28-9-12-7-13(4-6-15(12)23)34-22(24,25)26)35-21(29-10)11-3-5-14-16(8-11)30-31-17(14)19(32)27-2/h3-8H,9H2,1-2H3,(H,27,32)(H,28,33)(H,30,31). The number of H-pyrrole nitrogens is 1. The van der Waals surface area contributed by atoms with Gasteiger partial charge in [-0.05, 0) is 37.3 Å². The molecule has 4 aromatic rings. The number of alkyl halides is 3. The number of amides is 2. The molecule has 0 unspecified atom stereocenters. The van der Waals surface area contributed by atoms with E-state index in [9.17, 15) is 27.2 Å². The number of nitrogens with one attached hydrogen (secondary N) is 3. The van der Waals surface area contributed by atoms with Crippen LogP contribution in [-0.2, 0) is 6.54 Å². The average molecular weight is 507 g/mol. The van der Waals surface area contributed by atoms with E-state index in [1.807, 2.05) is 0 Å². The lowest BCUT2D eigenvalue weighted by molar-refractivity contribution is -0.274. The first-order valence-electron chi connectivity index (χ1n) is 10.1. The van der Waals surface area contributed by atoms with Crippen molar-refractivity contribution < 1.29 is 31.9 Å². The van der Waals surface area contributed by atoms with Gasteiger partial charge in [0.15, 0.2) is 5.69 Å². The first-order valence-corrected chi connectivity index (χ1v) is 10.9. The number of aromatic amines is 1. The number of carbonyl (C=O) groups is 2. The van der Waals surface area contributed by atoms with Crippen LogP contribution < -0.4 is 15.4 Å². The number of nitrogens with zero attached hydrogens (tertiary/aromatic N) is 2. The number of benzene rings is 2. The van der Waals surface area contributed by atoms with Crippen molar-refractivity contribution in [3.05, 3.63) is 64.0 Å². The second-order valence-electron chi connectivity index (χ2n) is 7.33. The molecule has 2 amide bonds. The second-order valence-corrected chi connectivity index (χ2v) is 8.33. The molecule has 0 saturated heterocycles. The maximum absolute atomic E-state index is 14.0. The molecule has 0 bridgehead atoms. The van der Waals surface area contributed by atoms with Crippen LogP contribution in [0.1, 0.15) is 31.4 Å². The lowest BCUT2D eigenvalue weighted by Crippen LogP contribution is -2.23. The Morgan fingerprint density at radius 1 is 1.14 bits per heavy atom. The summed E-state index contributed by atoms with van der Waals surface area (Å²) >= 11 is 1.09. The summed E-state index contributed by atoms with van der Waals surface area (Å²) in [5.41, 5.74) is 1.80. The third-order valence-electron chi connectivity index (χ3n) is 4.94. The molecule has 0 aliphatic heterocycles. The third kappa shape index (κ3) is 5.24. The number of aromatic nitrogens is 3. The third-order valence-corrected chi connectivity index (χ3v) is 6.15. The van der Waals surface area contributed by atoms with Gasteiger partial charge < -0.3 is 15.4 Å². The number of ether oxygens (including phenoxy) is 1. The number of fused-ring (bicyclic) bond motifs is 1. The van der Waals surface area contributed by atoms with Crippen LogP contribution in [0.15, 0.2) is 36.4 Å². The zero-order chi connectivity index (χ0) is 25.3. The molecule has 0 spiro atoms. The van der Waals surface area contributed by atoms with Crippen LogP contribution in [0, 0.1) is 12.7 Å². The van der Waals surface area contributed by atoms with Gasteiger partial charge in [0.1, 0.15) is 21.5 Å². The van der Waals surface area contributed by atoms with Crippen LogP contribution in [0.3, 0.4) is 0 Å². The molecule has 3 N–H and O–H groups in total. The molecule has 35 heavy (non-hydrogen) atoms. The van der Waals surface area contributed by atoms with Gasteiger partial charge in [0, 0.05) is 30.1 Å². The van der Waals surface area contributed by atoms with Gasteiger partial charge in [-0.15, -0.1) is 24.5 Å². The minimum Gasteiger partial charge on any atom is -0.406 e. The van der Waals surface area contributed by atoms with Gasteiger partial charge in [-0.1, -0.05) is 6.07 Å². The van der Waals surface area contributed by atoms with E-state index in [1.165, 1.54) is 7.05 Å². The monoisotopic (exact) mass is 507 g/mol. The first-order chi connectivity index (χ1) is 16.6. The van der Waals surface area contributed by atoms with Crippen molar-refractivity contribution in [2.45, 2.75) is 19.8 Å². The summed E-state index contributed by atoms with van der Waals surface area (Å²) < 4.78 is 55.1. The molecule has 2 aromatic heterocycles. The number of carbonyl (C=O) groups excluding carboxylic acids is 2. The van der Waals surface area contributed by atoms with Crippen LogP contribution in [0.25, 0.3) is 21.5 Å². The smallest absolute Gasteiger partial charge is 0.406 e. The summed E-state index contributed by atoms with van der Waals surface area (Å²) in [4.78, 5) is 29.3. The minimum absolute atomic E-state index is 0.167. The van der Waals surface area contributed by atoms with Crippen molar-refractivity contribution in [3.8, 4) is 16.3 Å². The van der Waals surface area contributed by atoms with Crippen molar-refractivity contribution >= 4 is 34.1 Å². The SMILES string of the molecule is CNC(=O)c1n[nH]c2cc(-c3nc(C)c(C(=O)NCc4cc(OC(F)(F)F)ccc4F)s3)ccc12. The van der Waals surface area contributed by atoms with Gasteiger partial charge in [0.05, 0.1) is 11.2 Å². The number of halogens is 4. The van der Waals surface area contributed by atoms with Gasteiger partial charge in [0.2, 0.25) is 0 Å². The van der Waals surface area contributed by atoms with Gasteiger partial charge in [-0.25, -0.2) is 9.37 Å². The van der Waals surface area contributed by atoms with E-state index in [-0.39, 0.29) is 28.6 Å². The predicted molar refractivity (Wildman–Crippen MR) is 120 cm³/mol. The Balaban J connectivity index is 1.51. The molecule has 0 aliphatic carbocycles. The Bertz CT molecular complexity index is 1430. The summed E-state index contributed by atoms with van der Waals surface area (Å²) in [6.45, 7) is 1.28. The first kappa shape index (κ1) is 24.1. The molecule has 13 heteroatoms. The Morgan fingerprint density at radius 3 is 2.63 bits per heavy atom. The summed E-state index contributed by atoms with van der Waals surface area (Å²) in [6, 6.07) is 7.76. The minimum atomic E-state index is -4.92. The molecule has 0 fully saturated rings. The second kappa shape index (κ2) is 9.33. The van der Waals surface area contributed by atoms with Crippen molar-refractivity contribution in [2.75, 3.05) is 7.05 Å². The summed E-state index contributed by atoms with van der Waals surface area (Å²) in [5.74, 6) is -2.27. The van der Waals surface area contributed by atoms with E-state index in [0.29, 0.717) is 27.2 Å². The van der Waals surface area contributed by atoms with Crippen LogP contribution in [0.4, 0.5) is 17.6 Å². The van der Waals surface area contributed by atoms with Crippen LogP contribution in [-0.4, -0.2) is 40.4 Å². The largest absolute Gasteiger partial charge is 0.573 e. The van der Waals surface area contributed by atoms with E-state index < -0.39 is 23.8 Å². The molecule has 0 aliphatic rings. The van der Waals surface area contributed by atoms with Gasteiger partial charge >= 0.3 is 6.36 Å². The highest BCUT2D eigenvalue weighted by Crippen LogP contribution is 2.31. The number of thiazole rings is 1. The summed E-state index contributed by atoms with van der Waals surface area (Å²) in [6.07, 6.45) is -4.92. The number of aryl methyl sites for hydroxylation is 1. The number of rotatable bonds is 6. The van der Waals surface area contributed by atoms with E-state index in [0.717, 1.165) is 29.5 Å². The highest BCUT2D eigenvalue weighted by atomic mass is 32.1. The normalized spacial score (nSPS) is 11.5. The van der Waals surface area contributed by atoms with Crippen molar-refractivity contribution in [3.63, 3.8) is 0 Å². The molecular formula is C22H17F4N5O3S. The lowest BCUT2D eigenvalue weighted by atomic mass is 10.1. The van der Waals surface area contributed by atoms with Gasteiger partial charge in [-0.3, -0.25) is 14.7 Å². The highest BCUT2D eigenvalue weighted by molar-refractivity contribution is 7.17. The predicted octanol–water partition coefficient (Wildman–Crippen LogP) is 4.32. The topological polar surface area (TPSA) is 109 Å². The van der Waals surface area contributed by atoms with E-state index >= 15 is 0 Å². The van der Waals surface area contributed by atoms with E-state index in [1.54, 1.807) is 25.1 Å². The molecule has 0 radical (unpaired) electrons. The fourth-order valence-electron chi connectivity index (χ4n) is 3.31. The van der Waals surface area contributed by atoms with Crippen LogP contribution in [0.2, 0.25) is 0 Å². The Morgan fingerprint density at radius 2 is 1.91 bits per heavy atom. The molecule has 2 heterocycles. The van der Waals surface area contributed by atoms with Gasteiger partial charge in [0.25, 0.3) is 11.8 Å². The summed E-state index contributed by atoms with van der Waals surface area (Å²) in [5, 5.41) is 13.0. The maximum Gasteiger partial charge on any atom is 0.573 e. The molecule has 4 rings (SSSR count). The van der Waals surface area contributed by atoms with E-state index in [2.05, 4.69) is 30.6 Å². The van der Waals surface area contributed by atoms with Crippen molar-refractivity contribution in [1.82, 2.24) is 25.8 Å².